The van der Waals surface area contributed by atoms with Gasteiger partial charge in [-0.2, -0.15) is 20.1 Å². The smallest absolute Gasteiger partial charge is 0.256 e. The second-order valence-electron chi connectivity index (χ2n) is 4.20. The van der Waals surface area contributed by atoms with Crippen LogP contribution in [-0.2, 0) is 10.8 Å². The summed E-state index contributed by atoms with van der Waals surface area (Å²) in [6.07, 6.45) is 5.80. The van der Waals surface area contributed by atoms with E-state index in [2.05, 4.69) is 25.4 Å². The van der Waals surface area contributed by atoms with E-state index >= 15 is 0 Å². The van der Waals surface area contributed by atoms with Gasteiger partial charge in [0.25, 0.3) is 5.95 Å². The lowest BCUT2D eigenvalue weighted by atomic mass is 10.3. The normalized spacial score (nSPS) is 13.9. The molecule has 9 heteroatoms. The van der Waals surface area contributed by atoms with E-state index in [1.807, 2.05) is 6.92 Å². The average Bonchev–Trinajstić information content (AvgIpc) is 2.91. The standard InChI is InChI=1S/C11H15ClN6OS/c1-8(20(2)19)4-6-13-10-15-9(12)16-11(17-10)18-7-3-5-14-18/h3,5,7-8H,4,6H2,1-2H3,(H,13,15,16,17). The molecule has 7 nitrogen and oxygen atoms in total. The zero-order chi connectivity index (χ0) is 14.5. The minimum Gasteiger partial charge on any atom is -0.354 e. The summed E-state index contributed by atoms with van der Waals surface area (Å²) in [5, 5.41) is 7.30. The van der Waals surface area contributed by atoms with Crippen LogP contribution in [0.4, 0.5) is 5.95 Å². The lowest BCUT2D eigenvalue weighted by molar-refractivity contribution is 0.672. The van der Waals surface area contributed by atoms with Gasteiger partial charge in [0.2, 0.25) is 11.2 Å². The SMILES string of the molecule is CC(CCNc1nc(Cl)nc(-n2cccn2)n1)S(C)=O. The Bertz CT molecular complexity index is 591. The largest absolute Gasteiger partial charge is 0.354 e. The van der Waals surface area contributed by atoms with Gasteiger partial charge in [0, 0.05) is 41.2 Å². The van der Waals surface area contributed by atoms with E-state index in [9.17, 15) is 4.21 Å². The minimum atomic E-state index is -0.835. The topological polar surface area (TPSA) is 85.6 Å². The van der Waals surface area contributed by atoms with Crippen LogP contribution >= 0.6 is 11.6 Å². The predicted octanol–water partition coefficient (Wildman–Crippen LogP) is 1.28. The Balaban J connectivity index is 2.03. The summed E-state index contributed by atoms with van der Waals surface area (Å²) in [4.78, 5) is 12.2. The summed E-state index contributed by atoms with van der Waals surface area (Å²) in [5.41, 5.74) is 0. The summed E-state index contributed by atoms with van der Waals surface area (Å²) >= 11 is 5.87. The highest BCUT2D eigenvalue weighted by Crippen LogP contribution is 2.09. The fraction of sp³-hybridized carbons (Fsp3) is 0.455. The number of anilines is 1. The third kappa shape index (κ3) is 3.97. The maximum atomic E-state index is 11.3. The first-order valence-electron chi connectivity index (χ1n) is 6.04. The van der Waals surface area contributed by atoms with Crippen LogP contribution < -0.4 is 5.32 Å². The molecule has 0 aliphatic heterocycles. The predicted molar refractivity (Wildman–Crippen MR) is 78.6 cm³/mol. The molecular formula is C11H15ClN6OS. The maximum Gasteiger partial charge on any atom is 0.256 e. The Labute approximate surface area is 124 Å². The molecule has 0 aliphatic carbocycles. The number of halogens is 1. The minimum absolute atomic E-state index is 0.0973. The number of aromatic nitrogens is 5. The van der Waals surface area contributed by atoms with Gasteiger partial charge in [-0.15, -0.1) is 0 Å². The third-order valence-corrected chi connectivity index (χ3v) is 4.24. The van der Waals surface area contributed by atoms with Crippen molar-refractivity contribution in [2.24, 2.45) is 0 Å². The van der Waals surface area contributed by atoms with Gasteiger partial charge >= 0.3 is 0 Å². The summed E-state index contributed by atoms with van der Waals surface area (Å²) in [5.74, 6) is 0.731. The summed E-state index contributed by atoms with van der Waals surface area (Å²) in [6, 6.07) is 1.77. The molecule has 0 aliphatic rings. The van der Waals surface area contributed by atoms with Crippen molar-refractivity contribution in [2.45, 2.75) is 18.6 Å². The monoisotopic (exact) mass is 314 g/mol. The third-order valence-electron chi connectivity index (χ3n) is 2.71. The molecule has 2 unspecified atom stereocenters. The first-order valence-corrected chi connectivity index (χ1v) is 8.04. The van der Waals surface area contributed by atoms with Crippen LogP contribution in [0.5, 0.6) is 0 Å². The molecular weight excluding hydrogens is 300 g/mol. The Morgan fingerprint density at radius 3 is 2.90 bits per heavy atom. The van der Waals surface area contributed by atoms with Crippen LogP contribution in [0.2, 0.25) is 5.28 Å². The summed E-state index contributed by atoms with van der Waals surface area (Å²) in [7, 11) is -0.835. The van der Waals surface area contributed by atoms with Crippen molar-refractivity contribution in [3.8, 4) is 5.95 Å². The van der Waals surface area contributed by atoms with Crippen molar-refractivity contribution < 1.29 is 4.21 Å². The Morgan fingerprint density at radius 1 is 1.45 bits per heavy atom. The zero-order valence-electron chi connectivity index (χ0n) is 11.2. The zero-order valence-corrected chi connectivity index (χ0v) is 12.7. The summed E-state index contributed by atoms with van der Waals surface area (Å²) < 4.78 is 12.8. The molecule has 0 fully saturated rings. The van der Waals surface area contributed by atoms with E-state index in [-0.39, 0.29) is 10.5 Å². The number of hydrogen-bond donors (Lipinski definition) is 1. The van der Waals surface area contributed by atoms with Gasteiger partial charge in [-0.1, -0.05) is 6.92 Å². The van der Waals surface area contributed by atoms with Crippen LogP contribution in [0.25, 0.3) is 5.95 Å². The molecule has 2 aromatic rings. The van der Waals surface area contributed by atoms with E-state index in [0.717, 1.165) is 6.42 Å². The van der Waals surface area contributed by atoms with Crippen molar-refractivity contribution in [3.05, 3.63) is 23.7 Å². The van der Waals surface area contributed by atoms with Gasteiger partial charge < -0.3 is 5.32 Å². The Kier molecular flexibility index (Phi) is 5.02. The molecule has 0 amide bonds. The van der Waals surface area contributed by atoms with Crippen molar-refractivity contribution in [2.75, 3.05) is 18.1 Å². The van der Waals surface area contributed by atoms with Gasteiger partial charge in [0.05, 0.1) is 0 Å². The fourth-order valence-electron chi connectivity index (χ4n) is 1.46. The van der Waals surface area contributed by atoms with Crippen LogP contribution in [0.15, 0.2) is 18.5 Å². The van der Waals surface area contributed by atoms with Gasteiger partial charge in [0.15, 0.2) is 0 Å². The molecule has 1 N–H and O–H groups in total. The van der Waals surface area contributed by atoms with E-state index in [4.69, 9.17) is 11.6 Å². The number of rotatable bonds is 6. The molecule has 2 aromatic heterocycles. The highest BCUT2D eigenvalue weighted by atomic mass is 35.5. The van der Waals surface area contributed by atoms with Crippen LogP contribution in [0.3, 0.4) is 0 Å². The second-order valence-corrected chi connectivity index (χ2v) is 6.34. The van der Waals surface area contributed by atoms with Crippen LogP contribution in [-0.4, -0.2) is 47.0 Å². The molecule has 2 atom stereocenters. The second kappa shape index (κ2) is 6.76. The van der Waals surface area contributed by atoms with E-state index < -0.39 is 10.8 Å². The molecule has 0 saturated carbocycles. The fourth-order valence-corrected chi connectivity index (χ4v) is 2.07. The quantitative estimate of drug-likeness (QED) is 0.864. The molecule has 20 heavy (non-hydrogen) atoms. The molecule has 108 valence electrons. The van der Waals surface area contributed by atoms with E-state index in [0.29, 0.717) is 18.4 Å². The Morgan fingerprint density at radius 2 is 2.25 bits per heavy atom. The van der Waals surface area contributed by atoms with Gasteiger partial charge in [-0.3, -0.25) is 4.21 Å². The Hall–Kier alpha value is -1.54. The van der Waals surface area contributed by atoms with Crippen LogP contribution in [0, 0.1) is 0 Å². The lowest BCUT2D eigenvalue weighted by Gasteiger charge is -2.09. The van der Waals surface area contributed by atoms with Crippen molar-refractivity contribution in [1.82, 2.24) is 24.7 Å². The average molecular weight is 315 g/mol. The maximum absolute atomic E-state index is 11.3. The number of nitrogens with zero attached hydrogens (tertiary/aromatic N) is 5. The van der Waals surface area contributed by atoms with E-state index in [1.54, 1.807) is 24.7 Å². The van der Waals surface area contributed by atoms with Gasteiger partial charge in [0.1, 0.15) is 0 Å². The molecule has 2 heterocycles. The first kappa shape index (κ1) is 14.9. The van der Waals surface area contributed by atoms with Gasteiger partial charge in [-0.25, -0.2) is 4.68 Å². The van der Waals surface area contributed by atoms with Crippen LogP contribution in [0.1, 0.15) is 13.3 Å². The lowest BCUT2D eigenvalue weighted by Crippen LogP contribution is -2.16. The highest BCUT2D eigenvalue weighted by molar-refractivity contribution is 7.84. The van der Waals surface area contributed by atoms with E-state index in [1.165, 1.54) is 4.68 Å². The van der Waals surface area contributed by atoms with Crippen molar-refractivity contribution >= 4 is 28.3 Å². The molecule has 2 rings (SSSR count). The molecule has 0 radical (unpaired) electrons. The van der Waals surface area contributed by atoms with Gasteiger partial charge in [-0.05, 0) is 24.1 Å². The van der Waals surface area contributed by atoms with Crippen molar-refractivity contribution in [3.63, 3.8) is 0 Å². The highest BCUT2D eigenvalue weighted by Gasteiger charge is 2.09. The number of hydrogen-bond acceptors (Lipinski definition) is 6. The first-order chi connectivity index (χ1) is 9.56. The molecule has 0 spiro atoms. The summed E-state index contributed by atoms with van der Waals surface area (Å²) in [6.45, 7) is 2.55. The van der Waals surface area contributed by atoms with Crippen molar-refractivity contribution in [1.29, 1.82) is 0 Å². The molecule has 0 saturated heterocycles. The number of nitrogens with one attached hydrogen (secondary N) is 1. The molecule has 0 aromatic carbocycles. The molecule has 0 bridgehead atoms.